The monoisotopic (exact) mass is 2080 g/mol. The number of carbonyl (C=O) groups excluding carboxylic acids is 12. The van der Waals surface area contributed by atoms with Crippen LogP contribution in [0.2, 0.25) is 0 Å². The summed E-state index contributed by atoms with van der Waals surface area (Å²) in [5.74, 6) is 0.314. The zero-order chi connectivity index (χ0) is 114. The summed E-state index contributed by atoms with van der Waals surface area (Å²) in [6.07, 6.45) is 42.9. The number of carbonyl (C=O) groups is 12. The first-order valence-electron chi connectivity index (χ1n) is 58.6. The molecule has 0 saturated heterocycles. The molecule has 2 unspecified atom stereocenters. The van der Waals surface area contributed by atoms with E-state index in [1.165, 1.54) is 122 Å². The third-order valence-electron chi connectivity index (χ3n) is 33.0. The molecule has 0 aromatic heterocycles. The first-order valence-corrected chi connectivity index (χ1v) is 58.6. The van der Waals surface area contributed by atoms with Crippen molar-refractivity contribution < 1.29 is 114 Å². The molecule has 0 amide bonds. The lowest BCUT2D eigenvalue weighted by Crippen LogP contribution is -2.57. The lowest BCUT2D eigenvalue weighted by molar-refractivity contribution is -0.203. The van der Waals surface area contributed by atoms with Gasteiger partial charge < -0.3 is 56.8 Å². The van der Waals surface area contributed by atoms with E-state index in [1.54, 1.807) is 0 Å². The Morgan fingerprint density at radius 3 is 0.692 bits per heavy atom. The van der Waals surface area contributed by atoms with Crippen molar-refractivity contribution in [2.45, 2.75) is 588 Å². The Morgan fingerprint density at radius 2 is 0.445 bits per heavy atom. The number of hydrogen-bond acceptors (Lipinski definition) is 24. The fourth-order valence-corrected chi connectivity index (χ4v) is 20.2. The largest absolute Gasteiger partial charge is 0.465 e. The Morgan fingerprint density at radius 1 is 0.233 bits per heavy atom. The molecule has 0 radical (unpaired) electrons. The number of ether oxygens (including phenoxy) is 12. The van der Waals surface area contributed by atoms with E-state index >= 15 is 0 Å². The van der Waals surface area contributed by atoms with Crippen LogP contribution >= 0.6 is 0 Å². The van der Waals surface area contributed by atoms with Crippen molar-refractivity contribution in [1.82, 2.24) is 0 Å². The van der Waals surface area contributed by atoms with Crippen molar-refractivity contribution in [2.24, 2.45) is 85.2 Å². The molecule has 9 aliphatic rings. The van der Waals surface area contributed by atoms with Gasteiger partial charge in [0.1, 0.15) is 33.6 Å². The molecule has 9 fully saturated rings. The van der Waals surface area contributed by atoms with Crippen LogP contribution in [-0.2, 0) is 114 Å². The Balaban J connectivity index is -0.000000811. The second-order valence-corrected chi connectivity index (χ2v) is 46.4. The van der Waals surface area contributed by atoms with Gasteiger partial charge in [0.25, 0.3) is 0 Å². The number of rotatable bonds is 42. The lowest BCUT2D eigenvalue weighted by atomic mass is 9.46. The summed E-state index contributed by atoms with van der Waals surface area (Å²) in [4.78, 5) is 144. The van der Waals surface area contributed by atoms with Crippen LogP contribution in [0.15, 0.2) is 0 Å². The van der Waals surface area contributed by atoms with Crippen molar-refractivity contribution in [3.05, 3.63) is 0 Å². The highest BCUT2D eigenvalue weighted by molar-refractivity contribution is 5.83. The fourth-order valence-electron chi connectivity index (χ4n) is 20.2. The second-order valence-electron chi connectivity index (χ2n) is 46.4. The van der Waals surface area contributed by atoms with E-state index in [-0.39, 0.29) is 86.8 Å². The molecule has 0 aromatic rings. The maximum atomic E-state index is 12.4. The van der Waals surface area contributed by atoms with E-state index in [0.717, 1.165) is 114 Å². The molecule has 0 heterocycles. The van der Waals surface area contributed by atoms with Crippen LogP contribution in [0.1, 0.15) is 554 Å². The third kappa shape index (κ3) is 50.5. The van der Waals surface area contributed by atoms with Gasteiger partial charge in [0.2, 0.25) is 0 Å². The summed E-state index contributed by atoms with van der Waals surface area (Å²) in [6.45, 7) is 80.7. The van der Waals surface area contributed by atoms with Gasteiger partial charge in [0, 0.05) is 11.8 Å². The van der Waals surface area contributed by atoms with Crippen LogP contribution in [0, 0.1) is 85.2 Å². The lowest BCUT2D eigenvalue weighted by Gasteiger charge is -2.61. The summed E-state index contributed by atoms with van der Waals surface area (Å²) in [7, 11) is 0. The molecular weight excluding hydrogens is 1850 g/mol. The van der Waals surface area contributed by atoms with Gasteiger partial charge >= 0.3 is 71.6 Å². The van der Waals surface area contributed by atoms with E-state index in [2.05, 4.69) is 27.7 Å². The Hall–Kier alpha value is -6.36. The quantitative estimate of drug-likeness (QED) is 0.0311. The van der Waals surface area contributed by atoms with Gasteiger partial charge in [0.15, 0.2) is 33.0 Å². The minimum absolute atomic E-state index is 0.115. The molecule has 860 valence electrons. The molecular formula is C122H228O24. The van der Waals surface area contributed by atoms with Crippen LogP contribution in [0.5, 0.6) is 0 Å². The van der Waals surface area contributed by atoms with Crippen LogP contribution in [0.25, 0.3) is 0 Å². The van der Waals surface area contributed by atoms with Crippen molar-refractivity contribution in [3.8, 4) is 0 Å². The molecule has 0 spiro atoms. The van der Waals surface area contributed by atoms with Crippen molar-refractivity contribution in [3.63, 3.8) is 0 Å². The fraction of sp³-hybridized carbons (Fsp3) is 0.902. The summed E-state index contributed by atoms with van der Waals surface area (Å²) in [6, 6.07) is 0. The molecule has 0 N–H and O–H groups in total. The molecule has 9 aliphatic carbocycles. The maximum absolute atomic E-state index is 12.4. The number of hydrogen-bond donors (Lipinski definition) is 0. The van der Waals surface area contributed by atoms with E-state index in [1.807, 2.05) is 263 Å². The molecule has 4 bridgehead atoms. The molecule has 0 aromatic carbocycles. The predicted octanol–water partition coefficient (Wildman–Crippen LogP) is 31.6. The first kappa shape index (κ1) is 146. The second kappa shape index (κ2) is 72.3. The maximum Gasteiger partial charge on any atom is 0.344 e. The Bertz CT molecular complexity index is 3600. The highest BCUT2D eigenvalue weighted by Crippen LogP contribution is 2.64. The van der Waals surface area contributed by atoms with E-state index in [0.29, 0.717) is 74.5 Å². The minimum Gasteiger partial charge on any atom is -0.465 e. The van der Waals surface area contributed by atoms with Gasteiger partial charge in [-0.05, 0) is 359 Å². The van der Waals surface area contributed by atoms with Gasteiger partial charge in [-0.25, -0.2) is 24.0 Å². The zero-order valence-corrected chi connectivity index (χ0v) is 102. The first-order chi connectivity index (χ1) is 68.2. The zero-order valence-electron chi connectivity index (χ0n) is 102. The van der Waals surface area contributed by atoms with Crippen LogP contribution < -0.4 is 0 Å². The highest BCUT2D eigenvalue weighted by atomic mass is 16.6. The average Bonchev–Trinajstić information content (AvgIpc) is 0.755. The van der Waals surface area contributed by atoms with Crippen molar-refractivity contribution in [2.75, 3.05) is 39.6 Å². The third-order valence-corrected chi connectivity index (χ3v) is 33.0. The number of esters is 12. The summed E-state index contributed by atoms with van der Waals surface area (Å²) >= 11 is 0. The SMILES string of the molecule is CC.CC.CC.CC.CC.CC.CCC(C)(C)C(=O)OCC(=O)OC(C)(C)C12CC3CC(CC(C3)C1)C2.CCC(C)(C)C(=O)OCC(=O)OC(C)(C)C1CCCC1.CCC(C)(C)C(=O)OCC(=O)OC(C)(CC)C1CCCC1.CCC(C)(C)C(=O)OCC(=O)OC(C)(CC)C1CCCCC1.CCC(C)(C)C(=O)OCC(=O)OC(CC)(CC)C1CCCCC1.CCC(C)(C)C(=O)OCCCC(=O)OC(C)(C)C1CCCCC1. The van der Waals surface area contributed by atoms with E-state index in [4.69, 9.17) is 56.8 Å². The van der Waals surface area contributed by atoms with Gasteiger partial charge in [0.05, 0.1) is 39.1 Å². The topological polar surface area (TPSA) is 316 Å². The summed E-state index contributed by atoms with van der Waals surface area (Å²) in [5.41, 5.74) is -5.75. The standard InChI is InChI=1S/C21H34O4.2C19H34O4.C18H32O4.C17H30O4.C16H28O4.6C2H6/c1-6-19(2,3)18(23)24-13-17(22)25-20(4,5)21-10-14-7-15(11-21)9-16(8-14)12-21;1-6-18(2,3)17(21)22-14-10-13-16(20)23-19(4,5)15-11-8-7-9-12-15;1-6-18(4,5)17(21)22-14-16(20)23-19(7-2,8-3)15-12-10-9-11-13-15;1-6-17(3,4)16(20)21-13-15(19)22-18(5,7-2)14-11-9-8-10-12-14;1-6-16(3,4)15(19)20-12-14(18)21-17(5,7-2)13-10-8-9-11-13;1-6-15(2,3)14(18)19-11-13(17)20-16(4,5)12-9-7-8-10-12;6*1-2/h14-16H,6-13H2,1-5H3;2*15H,6-14H2,1-5H3;14H,6-13H2,1-5H3;13H,6-12H2,1-5H3;12H,6-11H2,1-5H3;6*1-2H3. The van der Waals surface area contributed by atoms with Crippen molar-refractivity contribution >= 4 is 71.6 Å². The Kier molecular flexibility index (Phi) is 72.2. The Labute approximate surface area is 893 Å². The molecule has 24 nitrogen and oxygen atoms in total. The molecule has 9 rings (SSSR count). The van der Waals surface area contributed by atoms with Crippen LogP contribution in [0.4, 0.5) is 0 Å². The molecule has 9 saturated carbocycles. The van der Waals surface area contributed by atoms with E-state index in [9.17, 15) is 57.5 Å². The minimum atomic E-state index is -0.560. The predicted molar refractivity (Wildman–Crippen MR) is 591 cm³/mol. The molecule has 24 heteroatoms. The smallest absolute Gasteiger partial charge is 0.344 e. The van der Waals surface area contributed by atoms with Gasteiger partial charge in [-0.2, -0.15) is 0 Å². The van der Waals surface area contributed by atoms with Crippen LogP contribution in [0.3, 0.4) is 0 Å². The molecule has 146 heavy (non-hydrogen) atoms. The summed E-state index contributed by atoms with van der Waals surface area (Å²) < 4.78 is 65.2. The normalized spacial score (nSPS) is 19.4. The van der Waals surface area contributed by atoms with Crippen molar-refractivity contribution in [1.29, 1.82) is 0 Å². The van der Waals surface area contributed by atoms with Crippen LogP contribution in [-0.4, -0.2) is 145 Å². The van der Waals surface area contributed by atoms with Gasteiger partial charge in [-0.3, -0.25) is 33.6 Å². The van der Waals surface area contributed by atoms with Gasteiger partial charge in [-0.15, -0.1) is 0 Å². The average molecular weight is 2080 g/mol. The van der Waals surface area contributed by atoms with E-state index < -0.39 is 95.9 Å². The highest BCUT2D eigenvalue weighted by Gasteiger charge is 2.59. The summed E-state index contributed by atoms with van der Waals surface area (Å²) in [5, 5.41) is 0. The molecule has 2 atom stereocenters. The molecule has 0 aliphatic heterocycles. The van der Waals surface area contributed by atoms with Gasteiger partial charge in [-0.1, -0.05) is 236 Å².